The van der Waals surface area contributed by atoms with Gasteiger partial charge in [-0.1, -0.05) is 30.3 Å². The summed E-state index contributed by atoms with van der Waals surface area (Å²) in [5.41, 5.74) is 5.35. The third kappa shape index (κ3) is 2.83. The van der Waals surface area contributed by atoms with Gasteiger partial charge < -0.3 is 4.74 Å². The number of thioether (sulfide) groups is 1. The van der Waals surface area contributed by atoms with Crippen molar-refractivity contribution < 1.29 is 4.74 Å². The summed E-state index contributed by atoms with van der Waals surface area (Å²) in [6.07, 6.45) is 0.961. The topological polar surface area (TPSA) is 58.8 Å². The molecule has 0 bridgehead atoms. The van der Waals surface area contributed by atoms with Crippen molar-refractivity contribution in [1.82, 2.24) is 9.97 Å². The van der Waals surface area contributed by atoms with E-state index in [4.69, 9.17) is 9.72 Å². The second kappa shape index (κ2) is 6.73. The van der Waals surface area contributed by atoms with Crippen molar-refractivity contribution in [2.45, 2.75) is 19.1 Å². The number of hydrogen-bond acceptors (Lipinski definition) is 5. The lowest BCUT2D eigenvalue weighted by Gasteiger charge is -2.18. The van der Waals surface area contributed by atoms with Crippen LogP contribution in [0.1, 0.15) is 23.7 Å². The number of aryl methyl sites for hydroxylation is 1. The van der Waals surface area contributed by atoms with E-state index in [0.717, 1.165) is 40.1 Å². The van der Waals surface area contributed by atoms with Gasteiger partial charge in [-0.15, -0.1) is 0 Å². The van der Waals surface area contributed by atoms with E-state index >= 15 is 0 Å². The van der Waals surface area contributed by atoms with Crippen molar-refractivity contribution in [1.29, 1.82) is 5.26 Å². The number of nitriles is 1. The minimum absolute atomic E-state index is 0.369. The van der Waals surface area contributed by atoms with E-state index in [1.165, 1.54) is 5.56 Å². The molecule has 3 aromatic rings. The monoisotopic (exact) mass is 347 g/mol. The van der Waals surface area contributed by atoms with Crippen LogP contribution in [0.2, 0.25) is 0 Å². The second-order valence-corrected chi connectivity index (χ2v) is 6.95. The zero-order chi connectivity index (χ0) is 17.2. The van der Waals surface area contributed by atoms with E-state index in [1.807, 2.05) is 49.0 Å². The van der Waals surface area contributed by atoms with Crippen molar-refractivity contribution in [3.8, 4) is 23.1 Å². The second-order valence-electron chi connectivity index (χ2n) is 5.85. The van der Waals surface area contributed by atoms with Crippen molar-refractivity contribution in [2.24, 2.45) is 0 Å². The molecule has 1 aliphatic rings. The molecule has 0 spiro atoms. The smallest absolute Gasteiger partial charge is 0.234 e. The molecule has 0 saturated heterocycles. The molecule has 0 aliphatic carbocycles. The Morgan fingerprint density at radius 1 is 1.24 bits per heavy atom. The molecule has 2 aromatic heterocycles. The molecule has 0 radical (unpaired) electrons. The van der Waals surface area contributed by atoms with Crippen LogP contribution in [0.5, 0.6) is 5.88 Å². The number of nitrogens with zero attached hydrogens (tertiary/aromatic N) is 3. The molecule has 124 valence electrons. The lowest BCUT2D eigenvalue weighted by atomic mass is 9.96. The highest BCUT2D eigenvalue weighted by Gasteiger charge is 2.21. The molecular formula is C20H17N3OS. The summed E-state index contributed by atoms with van der Waals surface area (Å²) >= 11 is 1.92. The Bertz CT molecular complexity index is 980. The predicted molar refractivity (Wildman–Crippen MR) is 101 cm³/mol. The molecule has 5 heteroatoms. The van der Waals surface area contributed by atoms with Crippen LogP contribution < -0.4 is 4.74 Å². The van der Waals surface area contributed by atoms with Gasteiger partial charge in [-0.25, -0.2) is 4.98 Å². The molecule has 0 N–H and O–H groups in total. The Morgan fingerprint density at radius 2 is 2.08 bits per heavy atom. The first kappa shape index (κ1) is 15.9. The van der Waals surface area contributed by atoms with Gasteiger partial charge in [0.15, 0.2) is 5.65 Å². The molecule has 3 heterocycles. The molecular weight excluding hydrogens is 330 g/mol. The van der Waals surface area contributed by atoms with Gasteiger partial charge >= 0.3 is 0 Å². The van der Waals surface area contributed by atoms with Crippen molar-refractivity contribution >= 4 is 22.8 Å². The zero-order valence-electron chi connectivity index (χ0n) is 14.0. The minimum atomic E-state index is 0.369. The standard InChI is InChI=1S/C20H17N3OS/c1-2-24-20-16(11-21)18(13-6-4-3-5-7-13)15-10-14-12-25-9-8-17(14)22-19(15)23-20/h3-7,10H,2,8-9,12H2,1H3. The van der Waals surface area contributed by atoms with Crippen LogP contribution in [0.4, 0.5) is 0 Å². The average molecular weight is 347 g/mol. The lowest BCUT2D eigenvalue weighted by molar-refractivity contribution is 0.327. The fraction of sp³-hybridized carbons (Fsp3) is 0.250. The van der Waals surface area contributed by atoms with Gasteiger partial charge in [0, 0.05) is 22.4 Å². The highest BCUT2D eigenvalue weighted by atomic mass is 32.2. The number of aromatic nitrogens is 2. The number of ether oxygens (including phenoxy) is 1. The van der Waals surface area contributed by atoms with Gasteiger partial charge in [-0.05, 0) is 36.3 Å². The largest absolute Gasteiger partial charge is 0.477 e. The molecule has 0 saturated carbocycles. The van der Waals surface area contributed by atoms with Crippen LogP contribution in [0.25, 0.3) is 22.2 Å². The van der Waals surface area contributed by atoms with Crippen LogP contribution in [-0.4, -0.2) is 22.3 Å². The summed E-state index contributed by atoms with van der Waals surface area (Å²) in [7, 11) is 0. The van der Waals surface area contributed by atoms with Crippen molar-refractivity contribution in [2.75, 3.05) is 12.4 Å². The molecule has 0 amide bonds. The fourth-order valence-corrected chi connectivity index (χ4v) is 4.14. The van der Waals surface area contributed by atoms with E-state index in [0.29, 0.717) is 23.7 Å². The summed E-state index contributed by atoms with van der Waals surface area (Å²) in [6.45, 7) is 2.36. The number of hydrogen-bond donors (Lipinski definition) is 0. The summed E-state index contributed by atoms with van der Waals surface area (Å²) in [5, 5.41) is 10.7. The van der Waals surface area contributed by atoms with E-state index in [1.54, 1.807) is 0 Å². The number of pyridine rings is 2. The fourth-order valence-electron chi connectivity index (χ4n) is 3.19. The van der Waals surface area contributed by atoms with Crippen LogP contribution in [0.15, 0.2) is 36.4 Å². The van der Waals surface area contributed by atoms with Gasteiger partial charge in [0.2, 0.25) is 5.88 Å². The van der Waals surface area contributed by atoms with Crippen LogP contribution in [0.3, 0.4) is 0 Å². The first-order valence-electron chi connectivity index (χ1n) is 8.34. The summed E-state index contributed by atoms with van der Waals surface area (Å²) in [4.78, 5) is 9.37. The number of fused-ring (bicyclic) bond motifs is 2. The molecule has 4 rings (SSSR count). The van der Waals surface area contributed by atoms with E-state index in [9.17, 15) is 5.26 Å². The Labute approximate surface area is 150 Å². The maximum atomic E-state index is 9.79. The van der Waals surface area contributed by atoms with Gasteiger partial charge in [0.25, 0.3) is 0 Å². The highest BCUT2D eigenvalue weighted by molar-refractivity contribution is 7.98. The Hall–Kier alpha value is -2.58. The SMILES string of the molecule is CCOc1nc2nc3c(cc2c(-c2ccccc2)c1C#N)CSCC3. The molecule has 0 fully saturated rings. The van der Waals surface area contributed by atoms with Gasteiger partial charge in [-0.2, -0.15) is 22.0 Å². The van der Waals surface area contributed by atoms with E-state index in [2.05, 4.69) is 17.1 Å². The molecule has 1 aromatic carbocycles. The zero-order valence-corrected chi connectivity index (χ0v) is 14.8. The van der Waals surface area contributed by atoms with Crippen LogP contribution in [-0.2, 0) is 12.2 Å². The quantitative estimate of drug-likeness (QED) is 0.705. The molecule has 0 unspecified atom stereocenters. The summed E-state index contributed by atoms with van der Waals surface area (Å²) < 4.78 is 5.66. The average Bonchev–Trinajstić information content (AvgIpc) is 2.66. The summed E-state index contributed by atoms with van der Waals surface area (Å²) in [5.74, 6) is 2.42. The third-order valence-electron chi connectivity index (χ3n) is 4.31. The Morgan fingerprint density at radius 3 is 2.84 bits per heavy atom. The maximum Gasteiger partial charge on any atom is 0.234 e. The van der Waals surface area contributed by atoms with E-state index in [-0.39, 0.29) is 0 Å². The molecule has 0 atom stereocenters. The molecule has 4 nitrogen and oxygen atoms in total. The first-order chi connectivity index (χ1) is 12.3. The summed E-state index contributed by atoms with van der Waals surface area (Å²) in [6, 6.07) is 14.4. The van der Waals surface area contributed by atoms with Crippen molar-refractivity contribution in [3.63, 3.8) is 0 Å². The normalized spacial score (nSPS) is 13.3. The van der Waals surface area contributed by atoms with Crippen LogP contribution in [0, 0.1) is 11.3 Å². The first-order valence-corrected chi connectivity index (χ1v) is 9.50. The highest BCUT2D eigenvalue weighted by Crippen LogP contribution is 2.37. The molecule has 25 heavy (non-hydrogen) atoms. The Balaban J connectivity index is 2.08. The van der Waals surface area contributed by atoms with Gasteiger partial charge in [0.1, 0.15) is 11.6 Å². The van der Waals surface area contributed by atoms with E-state index < -0.39 is 0 Å². The minimum Gasteiger partial charge on any atom is -0.477 e. The predicted octanol–water partition coefficient (Wildman–Crippen LogP) is 4.36. The number of rotatable bonds is 3. The van der Waals surface area contributed by atoms with Gasteiger partial charge in [-0.3, -0.25) is 0 Å². The van der Waals surface area contributed by atoms with Crippen LogP contribution >= 0.6 is 11.8 Å². The third-order valence-corrected chi connectivity index (χ3v) is 5.32. The maximum absolute atomic E-state index is 9.79. The Kier molecular flexibility index (Phi) is 4.29. The molecule has 1 aliphatic heterocycles. The number of benzene rings is 1. The lowest BCUT2D eigenvalue weighted by Crippen LogP contribution is -2.08. The van der Waals surface area contributed by atoms with Gasteiger partial charge in [0.05, 0.1) is 6.61 Å². The van der Waals surface area contributed by atoms with Crippen molar-refractivity contribution in [3.05, 3.63) is 53.2 Å².